The number of carbonyl (C=O) groups excluding carboxylic acids is 1. The minimum absolute atomic E-state index is 0.151. The standard InChI is InChI=1S/C14H27N3OS/c1-3-16-7-4-5-13(11-16)15-14(18)17-8-10-19-9-6-12(17)2/h12-13H,3-11H2,1-2H3,(H,15,18)/t12-,13+/m1/s1. The average molecular weight is 285 g/mol. The maximum absolute atomic E-state index is 12.4. The molecule has 4 nitrogen and oxygen atoms in total. The molecule has 0 spiro atoms. The van der Waals surface area contributed by atoms with Gasteiger partial charge in [0.15, 0.2) is 0 Å². The van der Waals surface area contributed by atoms with E-state index in [4.69, 9.17) is 0 Å². The van der Waals surface area contributed by atoms with E-state index < -0.39 is 0 Å². The number of nitrogens with one attached hydrogen (secondary N) is 1. The molecule has 2 aliphatic heterocycles. The zero-order valence-corrected chi connectivity index (χ0v) is 13.0. The van der Waals surface area contributed by atoms with Gasteiger partial charge in [0.1, 0.15) is 0 Å². The highest BCUT2D eigenvalue weighted by molar-refractivity contribution is 7.99. The highest BCUT2D eigenvalue weighted by Gasteiger charge is 2.26. The molecular weight excluding hydrogens is 258 g/mol. The maximum Gasteiger partial charge on any atom is 0.317 e. The van der Waals surface area contributed by atoms with Crippen molar-refractivity contribution >= 4 is 17.8 Å². The summed E-state index contributed by atoms with van der Waals surface area (Å²) in [5.41, 5.74) is 0. The summed E-state index contributed by atoms with van der Waals surface area (Å²) in [6.07, 6.45) is 3.44. The van der Waals surface area contributed by atoms with E-state index in [1.54, 1.807) is 0 Å². The summed E-state index contributed by atoms with van der Waals surface area (Å²) < 4.78 is 0. The van der Waals surface area contributed by atoms with Crippen LogP contribution in [0, 0.1) is 0 Å². The first-order chi connectivity index (χ1) is 9.20. The monoisotopic (exact) mass is 285 g/mol. The fraction of sp³-hybridized carbons (Fsp3) is 0.929. The van der Waals surface area contributed by atoms with Gasteiger partial charge >= 0.3 is 6.03 Å². The van der Waals surface area contributed by atoms with Crippen molar-refractivity contribution in [2.24, 2.45) is 0 Å². The van der Waals surface area contributed by atoms with Crippen molar-refractivity contribution in [3.63, 3.8) is 0 Å². The lowest BCUT2D eigenvalue weighted by atomic mass is 10.1. The molecule has 110 valence electrons. The van der Waals surface area contributed by atoms with Crippen LogP contribution >= 0.6 is 11.8 Å². The van der Waals surface area contributed by atoms with E-state index in [-0.39, 0.29) is 6.03 Å². The first-order valence-corrected chi connectivity index (χ1v) is 8.73. The molecule has 0 saturated carbocycles. The molecule has 1 N–H and O–H groups in total. The lowest BCUT2D eigenvalue weighted by Crippen LogP contribution is -2.53. The molecule has 0 aliphatic carbocycles. The third-order valence-corrected chi connectivity index (χ3v) is 5.23. The molecule has 0 radical (unpaired) electrons. The van der Waals surface area contributed by atoms with Crippen LogP contribution in [0.2, 0.25) is 0 Å². The highest BCUT2D eigenvalue weighted by atomic mass is 32.2. The molecule has 2 aliphatic rings. The lowest BCUT2D eigenvalue weighted by Gasteiger charge is -2.35. The average Bonchev–Trinajstić information content (AvgIpc) is 2.63. The van der Waals surface area contributed by atoms with Crippen molar-refractivity contribution in [2.75, 3.05) is 37.7 Å². The van der Waals surface area contributed by atoms with Crippen molar-refractivity contribution in [1.29, 1.82) is 0 Å². The predicted molar refractivity (Wildman–Crippen MR) is 81.8 cm³/mol. The van der Waals surface area contributed by atoms with Gasteiger partial charge < -0.3 is 15.1 Å². The fourth-order valence-electron chi connectivity index (χ4n) is 2.91. The van der Waals surface area contributed by atoms with Crippen LogP contribution < -0.4 is 5.32 Å². The number of nitrogens with zero attached hydrogens (tertiary/aromatic N) is 2. The molecule has 19 heavy (non-hydrogen) atoms. The molecule has 2 atom stereocenters. The van der Waals surface area contributed by atoms with Crippen LogP contribution in [0.25, 0.3) is 0 Å². The molecule has 0 aromatic carbocycles. The Balaban J connectivity index is 1.85. The van der Waals surface area contributed by atoms with Crippen molar-refractivity contribution in [3.05, 3.63) is 0 Å². The van der Waals surface area contributed by atoms with Gasteiger partial charge in [-0.25, -0.2) is 4.79 Å². The number of hydrogen-bond acceptors (Lipinski definition) is 3. The van der Waals surface area contributed by atoms with E-state index in [2.05, 4.69) is 24.1 Å². The summed E-state index contributed by atoms with van der Waals surface area (Å²) in [4.78, 5) is 16.9. The van der Waals surface area contributed by atoms with Gasteiger partial charge in [-0.05, 0) is 45.0 Å². The summed E-state index contributed by atoms with van der Waals surface area (Å²) in [6.45, 7) is 8.53. The number of hydrogen-bond donors (Lipinski definition) is 1. The summed E-state index contributed by atoms with van der Waals surface area (Å²) >= 11 is 1.96. The Morgan fingerprint density at radius 2 is 2.16 bits per heavy atom. The molecule has 2 fully saturated rings. The topological polar surface area (TPSA) is 35.6 Å². The molecule has 0 aromatic heterocycles. The number of piperidine rings is 1. The van der Waals surface area contributed by atoms with Crippen LogP contribution in [-0.2, 0) is 0 Å². The summed E-state index contributed by atoms with van der Waals surface area (Å²) in [5, 5.41) is 3.25. The summed E-state index contributed by atoms with van der Waals surface area (Å²) in [6, 6.07) is 0.864. The molecule has 5 heteroatoms. The third-order valence-electron chi connectivity index (χ3n) is 4.23. The minimum Gasteiger partial charge on any atom is -0.334 e. The largest absolute Gasteiger partial charge is 0.334 e. The van der Waals surface area contributed by atoms with Crippen LogP contribution in [0.3, 0.4) is 0 Å². The number of carbonyl (C=O) groups is 1. The van der Waals surface area contributed by atoms with E-state index in [1.807, 2.05) is 16.7 Å². The van der Waals surface area contributed by atoms with Gasteiger partial charge in [-0.15, -0.1) is 0 Å². The maximum atomic E-state index is 12.4. The number of likely N-dealkylation sites (tertiary alicyclic amines) is 1. The van der Waals surface area contributed by atoms with Gasteiger partial charge in [-0.3, -0.25) is 0 Å². The highest BCUT2D eigenvalue weighted by Crippen LogP contribution is 2.17. The van der Waals surface area contributed by atoms with Gasteiger partial charge in [-0.2, -0.15) is 11.8 Å². The molecule has 0 bridgehead atoms. The number of thioether (sulfide) groups is 1. The molecular formula is C14H27N3OS. The van der Waals surface area contributed by atoms with Gasteiger partial charge in [0.25, 0.3) is 0 Å². The Morgan fingerprint density at radius 1 is 1.32 bits per heavy atom. The summed E-state index contributed by atoms with van der Waals surface area (Å²) in [5.74, 6) is 2.25. The molecule has 2 heterocycles. The zero-order valence-electron chi connectivity index (χ0n) is 12.2. The van der Waals surface area contributed by atoms with Crippen molar-refractivity contribution in [2.45, 2.75) is 45.2 Å². The van der Waals surface area contributed by atoms with E-state index in [1.165, 1.54) is 18.7 Å². The van der Waals surface area contributed by atoms with Crippen LogP contribution in [-0.4, -0.2) is 65.6 Å². The van der Waals surface area contributed by atoms with Crippen molar-refractivity contribution in [1.82, 2.24) is 15.1 Å². The Morgan fingerprint density at radius 3 is 2.95 bits per heavy atom. The summed E-state index contributed by atoms with van der Waals surface area (Å²) in [7, 11) is 0. The van der Waals surface area contributed by atoms with Crippen LogP contribution in [0.1, 0.15) is 33.1 Å². The molecule has 2 amide bonds. The van der Waals surface area contributed by atoms with Crippen LogP contribution in [0.4, 0.5) is 4.79 Å². The van der Waals surface area contributed by atoms with E-state index in [0.717, 1.165) is 38.2 Å². The predicted octanol–water partition coefficient (Wildman–Crippen LogP) is 2.01. The fourth-order valence-corrected chi connectivity index (χ4v) is 3.95. The molecule has 0 unspecified atom stereocenters. The zero-order chi connectivity index (χ0) is 13.7. The van der Waals surface area contributed by atoms with Crippen LogP contribution in [0.15, 0.2) is 0 Å². The first kappa shape index (κ1) is 15.0. The second kappa shape index (κ2) is 7.39. The SMILES string of the molecule is CCN1CCC[C@H](NC(=O)N2CCSCC[C@H]2C)C1. The van der Waals surface area contributed by atoms with Gasteiger partial charge in [0, 0.05) is 30.9 Å². The number of rotatable bonds is 2. The molecule has 0 aromatic rings. The van der Waals surface area contributed by atoms with E-state index in [0.29, 0.717) is 12.1 Å². The second-order valence-electron chi connectivity index (χ2n) is 5.63. The molecule has 2 rings (SSSR count). The van der Waals surface area contributed by atoms with Crippen molar-refractivity contribution in [3.8, 4) is 0 Å². The normalized spacial score (nSPS) is 29.9. The Hall–Kier alpha value is -0.420. The Kier molecular flexibility index (Phi) is 5.82. The lowest BCUT2D eigenvalue weighted by molar-refractivity contribution is 0.160. The third kappa shape index (κ3) is 4.28. The van der Waals surface area contributed by atoms with Crippen LogP contribution in [0.5, 0.6) is 0 Å². The Labute approximate surface area is 121 Å². The number of urea groups is 1. The quantitative estimate of drug-likeness (QED) is 0.843. The number of amides is 2. The minimum atomic E-state index is 0.151. The first-order valence-electron chi connectivity index (χ1n) is 7.58. The van der Waals surface area contributed by atoms with E-state index in [9.17, 15) is 4.79 Å². The van der Waals surface area contributed by atoms with Gasteiger partial charge in [-0.1, -0.05) is 6.92 Å². The smallest absolute Gasteiger partial charge is 0.317 e. The second-order valence-corrected chi connectivity index (χ2v) is 6.85. The van der Waals surface area contributed by atoms with Gasteiger partial charge in [0.05, 0.1) is 0 Å². The Bertz CT molecular complexity index is 300. The van der Waals surface area contributed by atoms with Gasteiger partial charge in [0.2, 0.25) is 0 Å². The number of likely N-dealkylation sites (N-methyl/N-ethyl adjacent to an activating group) is 1. The van der Waals surface area contributed by atoms with Crippen molar-refractivity contribution < 1.29 is 4.79 Å². The molecule has 2 saturated heterocycles. The van der Waals surface area contributed by atoms with E-state index >= 15 is 0 Å².